The van der Waals surface area contributed by atoms with E-state index in [4.69, 9.17) is 4.42 Å². The molecule has 0 atom stereocenters. The van der Waals surface area contributed by atoms with Crippen LogP contribution in [0.5, 0.6) is 0 Å². The summed E-state index contributed by atoms with van der Waals surface area (Å²) in [7, 11) is 0. The van der Waals surface area contributed by atoms with Gasteiger partial charge < -0.3 is 4.42 Å². The zero-order valence-electron chi connectivity index (χ0n) is 12.8. The van der Waals surface area contributed by atoms with Crippen LogP contribution in [0.3, 0.4) is 0 Å². The molecule has 4 rings (SSSR count). The number of benzene rings is 1. The lowest BCUT2D eigenvalue weighted by Gasteiger charge is -1.98. The van der Waals surface area contributed by atoms with E-state index in [0.29, 0.717) is 16.5 Å². The second-order valence-electron chi connectivity index (χ2n) is 5.29. The normalized spacial score (nSPS) is 11.4. The van der Waals surface area contributed by atoms with Crippen molar-refractivity contribution in [2.45, 2.75) is 20.8 Å². The number of furan rings is 1. The van der Waals surface area contributed by atoms with Crippen LogP contribution in [-0.2, 0) is 0 Å². The third-order valence-corrected chi connectivity index (χ3v) is 5.66. The van der Waals surface area contributed by atoms with Crippen molar-refractivity contribution in [2.75, 3.05) is 5.32 Å². The molecule has 0 fully saturated rings. The van der Waals surface area contributed by atoms with Crippen molar-refractivity contribution in [2.24, 2.45) is 0 Å². The molecule has 0 saturated heterocycles. The molecule has 0 bridgehead atoms. The molecule has 3 aromatic heterocycles. The predicted octanol–water partition coefficient (Wildman–Crippen LogP) is 4.68. The average molecular weight is 343 g/mol. The fraction of sp³-hybridized carbons (Fsp3) is 0.188. The van der Waals surface area contributed by atoms with Crippen molar-refractivity contribution in [3.8, 4) is 0 Å². The minimum Gasteiger partial charge on any atom is -0.466 e. The Morgan fingerprint density at radius 1 is 1.09 bits per heavy atom. The maximum Gasteiger partial charge on any atom is 0.260 e. The van der Waals surface area contributed by atoms with E-state index in [0.717, 1.165) is 31.2 Å². The maximum atomic E-state index is 12.4. The summed E-state index contributed by atoms with van der Waals surface area (Å²) in [6.07, 6.45) is 0. The molecule has 116 valence electrons. The third kappa shape index (κ3) is 2.42. The standard InChI is InChI=1S/C16H13N3O2S2/c1-7-6-10(8(2)21-7)15(20)19-16-18-12-5-4-11-13(14(12)23-16)22-9(3)17-11/h4-6H,1-3H3,(H,18,19,20). The van der Waals surface area contributed by atoms with Crippen LogP contribution in [0.15, 0.2) is 22.6 Å². The summed E-state index contributed by atoms with van der Waals surface area (Å²) in [5.74, 6) is 1.13. The molecule has 0 radical (unpaired) electrons. The number of thiazole rings is 2. The first kappa shape index (κ1) is 14.3. The lowest BCUT2D eigenvalue weighted by molar-refractivity contribution is 0.102. The van der Waals surface area contributed by atoms with Crippen molar-refractivity contribution in [3.63, 3.8) is 0 Å². The summed E-state index contributed by atoms with van der Waals surface area (Å²) in [5, 5.41) is 4.48. The topological polar surface area (TPSA) is 68.0 Å². The van der Waals surface area contributed by atoms with Crippen LogP contribution >= 0.6 is 22.7 Å². The highest BCUT2D eigenvalue weighted by Gasteiger charge is 2.16. The lowest BCUT2D eigenvalue weighted by Crippen LogP contribution is -2.11. The minimum absolute atomic E-state index is 0.199. The maximum absolute atomic E-state index is 12.4. The summed E-state index contributed by atoms with van der Waals surface area (Å²) >= 11 is 3.12. The van der Waals surface area contributed by atoms with E-state index in [1.807, 2.05) is 26.0 Å². The van der Waals surface area contributed by atoms with Gasteiger partial charge in [-0.2, -0.15) is 0 Å². The Morgan fingerprint density at radius 2 is 1.78 bits per heavy atom. The molecule has 3 heterocycles. The highest BCUT2D eigenvalue weighted by atomic mass is 32.1. The van der Waals surface area contributed by atoms with Gasteiger partial charge in [0.15, 0.2) is 5.13 Å². The first-order valence-corrected chi connectivity index (χ1v) is 8.69. The fourth-order valence-electron chi connectivity index (χ4n) is 2.56. The van der Waals surface area contributed by atoms with Gasteiger partial charge in [0, 0.05) is 0 Å². The molecule has 1 amide bonds. The van der Waals surface area contributed by atoms with Crippen molar-refractivity contribution >= 4 is 54.1 Å². The summed E-state index contributed by atoms with van der Waals surface area (Å²) < 4.78 is 7.59. The van der Waals surface area contributed by atoms with E-state index in [1.165, 1.54) is 11.3 Å². The quantitative estimate of drug-likeness (QED) is 0.574. The van der Waals surface area contributed by atoms with E-state index in [2.05, 4.69) is 15.3 Å². The number of hydrogen-bond donors (Lipinski definition) is 1. The van der Waals surface area contributed by atoms with Gasteiger partial charge in [-0.25, -0.2) is 9.97 Å². The number of fused-ring (bicyclic) bond motifs is 3. The second kappa shape index (κ2) is 5.14. The Balaban J connectivity index is 1.73. The van der Waals surface area contributed by atoms with Crippen molar-refractivity contribution in [1.29, 1.82) is 0 Å². The number of hydrogen-bond acceptors (Lipinski definition) is 6. The number of nitrogens with zero attached hydrogens (tertiary/aromatic N) is 2. The van der Waals surface area contributed by atoms with Gasteiger partial charge in [0.05, 0.1) is 31.0 Å². The number of anilines is 1. The van der Waals surface area contributed by atoms with Gasteiger partial charge in [-0.1, -0.05) is 11.3 Å². The largest absolute Gasteiger partial charge is 0.466 e. The van der Waals surface area contributed by atoms with Crippen LogP contribution in [-0.4, -0.2) is 15.9 Å². The number of aromatic nitrogens is 2. The van der Waals surface area contributed by atoms with Crippen molar-refractivity contribution in [1.82, 2.24) is 9.97 Å². The van der Waals surface area contributed by atoms with Crippen LogP contribution in [0.4, 0.5) is 5.13 Å². The molecule has 1 aromatic carbocycles. The molecule has 0 aliphatic rings. The van der Waals surface area contributed by atoms with Crippen LogP contribution in [0.2, 0.25) is 0 Å². The lowest BCUT2D eigenvalue weighted by atomic mass is 10.2. The second-order valence-corrected chi connectivity index (χ2v) is 7.50. The first-order valence-electron chi connectivity index (χ1n) is 7.06. The molecular weight excluding hydrogens is 330 g/mol. The van der Waals surface area contributed by atoms with Crippen molar-refractivity contribution in [3.05, 3.63) is 40.3 Å². The molecule has 5 nitrogen and oxygen atoms in total. The molecule has 0 saturated carbocycles. The number of nitrogens with one attached hydrogen (secondary N) is 1. The zero-order chi connectivity index (χ0) is 16.1. The highest BCUT2D eigenvalue weighted by molar-refractivity contribution is 7.28. The van der Waals surface area contributed by atoms with Crippen LogP contribution in [0.25, 0.3) is 20.4 Å². The average Bonchev–Trinajstić information content (AvgIpc) is 3.14. The monoisotopic (exact) mass is 343 g/mol. The number of amides is 1. The van der Waals surface area contributed by atoms with Crippen LogP contribution in [0, 0.1) is 20.8 Å². The molecule has 23 heavy (non-hydrogen) atoms. The Bertz CT molecular complexity index is 1060. The summed E-state index contributed by atoms with van der Waals surface area (Å²) in [5.41, 5.74) is 2.39. The Kier molecular flexibility index (Phi) is 3.21. The van der Waals surface area contributed by atoms with Gasteiger partial charge >= 0.3 is 0 Å². The predicted molar refractivity (Wildman–Crippen MR) is 93.7 cm³/mol. The molecule has 0 unspecified atom stereocenters. The van der Waals surface area contributed by atoms with Crippen LogP contribution in [0.1, 0.15) is 26.9 Å². The molecule has 0 spiro atoms. The Morgan fingerprint density at radius 3 is 2.48 bits per heavy atom. The van der Waals surface area contributed by atoms with Crippen LogP contribution < -0.4 is 5.32 Å². The van der Waals surface area contributed by atoms with E-state index in [9.17, 15) is 4.79 Å². The number of carbonyl (C=O) groups excluding carboxylic acids is 1. The van der Waals surface area contributed by atoms with Crippen molar-refractivity contribution < 1.29 is 9.21 Å². The number of rotatable bonds is 2. The van der Waals surface area contributed by atoms with Gasteiger partial charge in [0.2, 0.25) is 0 Å². The van der Waals surface area contributed by atoms with E-state index >= 15 is 0 Å². The first-order chi connectivity index (χ1) is 11.0. The fourth-order valence-corrected chi connectivity index (χ4v) is 4.56. The van der Waals surface area contributed by atoms with Gasteiger partial charge in [-0.05, 0) is 39.0 Å². The summed E-state index contributed by atoms with van der Waals surface area (Å²) in [6.45, 7) is 5.60. The van der Waals surface area contributed by atoms with E-state index < -0.39 is 0 Å². The van der Waals surface area contributed by atoms with Gasteiger partial charge in [0.25, 0.3) is 5.91 Å². The van der Waals surface area contributed by atoms with Gasteiger partial charge in [-0.3, -0.25) is 10.1 Å². The molecule has 0 aliphatic carbocycles. The minimum atomic E-state index is -0.199. The number of carbonyl (C=O) groups is 1. The zero-order valence-corrected chi connectivity index (χ0v) is 14.4. The summed E-state index contributed by atoms with van der Waals surface area (Å²) in [6, 6.07) is 5.65. The molecular formula is C16H13N3O2S2. The SMILES string of the molecule is Cc1cc(C(=O)Nc2nc3ccc4nc(C)sc4c3s2)c(C)o1. The smallest absolute Gasteiger partial charge is 0.260 e. The van der Waals surface area contributed by atoms with E-state index in [-0.39, 0.29) is 5.91 Å². The molecule has 1 N–H and O–H groups in total. The van der Waals surface area contributed by atoms with Gasteiger partial charge in [0.1, 0.15) is 11.5 Å². The van der Waals surface area contributed by atoms with Gasteiger partial charge in [-0.15, -0.1) is 11.3 Å². The molecule has 0 aliphatic heterocycles. The molecule has 7 heteroatoms. The molecule has 4 aromatic rings. The third-order valence-electron chi connectivity index (χ3n) is 3.53. The Hall–Kier alpha value is -2.25. The number of aryl methyl sites for hydroxylation is 3. The van der Waals surface area contributed by atoms with E-state index in [1.54, 1.807) is 24.3 Å². The summed E-state index contributed by atoms with van der Waals surface area (Å²) in [4.78, 5) is 21.4. The highest BCUT2D eigenvalue weighted by Crippen LogP contribution is 2.35. The Labute approximate surface area is 140 Å².